The van der Waals surface area contributed by atoms with Crippen LogP contribution in [0, 0.1) is 5.82 Å². The number of nitrogens with zero attached hydrogens (tertiary/aromatic N) is 1. The maximum absolute atomic E-state index is 12.6. The van der Waals surface area contributed by atoms with Crippen molar-refractivity contribution in [2.75, 3.05) is 6.61 Å². The van der Waals surface area contributed by atoms with E-state index in [0.717, 1.165) is 0 Å². The van der Waals surface area contributed by atoms with Crippen LogP contribution in [0.4, 0.5) is 4.39 Å². The van der Waals surface area contributed by atoms with Crippen LogP contribution in [0.5, 0.6) is 0 Å². The molecule has 0 bridgehead atoms. The van der Waals surface area contributed by atoms with Crippen LogP contribution in [-0.2, 0) is 9.53 Å². The van der Waals surface area contributed by atoms with Gasteiger partial charge in [-0.15, -0.1) is 0 Å². The molecule has 0 atom stereocenters. The number of esters is 1. The number of carbonyl (C=O) groups excluding carboxylic acids is 1. The van der Waals surface area contributed by atoms with Gasteiger partial charge in [0, 0.05) is 12.3 Å². The first-order valence-corrected chi connectivity index (χ1v) is 4.18. The van der Waals surface area contributed by atoms with E-state index < -0.39 is 5.97 Å². The highest BCUT2D eigenvalue weighted by Gasteiger charge is 1.95. The Bertz CT molecular complexity index is 350. The Morgan fingerprint density at radius 3 is 3.14 bits per heavy atom. The molecule has 1 aromatic rings. The van der Waals surface area contributed by atoms with Gasteiger partial charge in [-0.2, -0.15) is 0 Å². The van der Waals surface area contributed by atoms with Gasteiger partial charge in [-0.3, -0.25) is 4.98 Å². The van der Waals surface area contributed by atoms with Gasteiger partial charge in [-0.05, 0) is 25.1 Å². The van der Waals surface area contributed by atoms with E-state index in [1.807, 2.05) is 0 Å². The minimum atomic E-state index is -0.460. The molecular formula is C10H10FNO2. The lowest BCUT2D eigenvalue weighted by Gasteiger charge is -1.94. The van der Waals surface area contributed by atoms with Gasteiger partial charge in [0.05, 0.1) is 12.3 Å². The number of aromatic nitrogens is 1. The van der Waals surface area contributed by atoms with E-state index in [1.165, 1.54) is 30.5 Å². The third-order valence-corrected chi connectivity index (χ3v) is 1.42. The number of pyridine rings is 1. The molecule has 0 N–H and O–H groups in total. The summed E-state index contributed by atoms with van der Waals surface area (Å²) in [6, 6.07) is 2.47. The second kappa shape index (κ2) is 5.11. The Morgan fingerprint density at radius 2 is 2.50 bits per heavy atom. The quantitative estimate of drug-likeness (QED) is 0.545. The average Bonchev–Trinajstić information content (AvgIpc) is 2.15. The van der Waals surface area contributed by atoms with E-state index in [-0.39, 0.29) is 5.82 Å². The van der Waals surface area contributed by atoms with Crippen LogP contribution in [0.1, 0.15) is 12.6 Å². The van der Waals surface area contributed by atoms with Crippen LogP contribution in [0.3, 0.4) is 0 Å². The Balaban J connectivity index is 2.64. The fraction of sp³-hybridized carbons (Fsp3) is 0.200. The topological polar surface area (TPSA) is 39.2 Å². The van der Waals surface area contributed by atoms with E-state index in [9.17, 15) is 9.18 Å². The van der Waals surface area contributed by atoms with Crippen LogP contribution in [0.15, 0.2) is 24.4 Å². The first-order valence-electron chi connectivity index (χ1n) is 4.18. The fourth-order valence-corrected chi connectivity index (χ4v) is 0.856. The highest BCUT2D eigenvalue weighted by molar-refractivity contribution is 5.86. The molecule has 74 valence electrons. The average molecular weight is 195 g/mol. The molecular weight excluding hydrogens is 185 g/mol. The van der Waals surface area contributed by atoms with Crippen molar-refractivity contribution in [3.05, 3.63) is 35.9 Å². The molecule has 1 aromatic heterocycles. The minimum Gasteiger partial charge on any atom is -0.463 e. The van der Waals surface area contributed by atoms with E-state index >= 15 is 0 Å². The summed E-state index contributed by atoms with van der Waals surface area (Å²) in [5.74, 6) is -0.845. The van der Waals surface area contributed by atoms with Gasteiger partial charge in [0.1, 0.15) is 5.82 Å². The molecule has 0 saturated carbocycles. The van der Waals surface area contributed by atoms with Crippen LogP contribution < -0.4 is 0 Å². The van der Waals surface area contributed by atoms with E-state index in [4.69, 9.17) is 0 Å². The second-order valence-electron chi connectivity index (χ2n) is 2.48. The molecule has 4 heteroatoms. The number of hydrogen-bond donors (Lipinski definition) is 0. The highest BCUT2D eigenvalue weighted by atomic mass is 19.1. The van der Waals surface area contributed by atoms with Gasteiger partial charge in [-0.25, -0.2) is 9.18 Å². The van der Waals surface area contributed by atoms with Crippen LogP contribution in [-0.4, -0.2) is 17.6 Å². The number of halogens is 1. The van der Waals surface area contributed by atoms with Crippen molar-refractivity contribution in [3.63, 3.8) is 0 Å². The Morgan fingerprint density at radius 1 is 1.71 bits per heavy atom. The predicted octanol–water partition coefficient (Wildman–Crippen LogP) is 1.80. The number of rotatable bonds is 3. The Kier molecular flexibility index (Phi) is 3.79. The third kappa shape index (κ3) is 3.35. The van der Waals surface area contributed by atoms with Crippen molar-refractivity contribution < 1.29 is 13.9 Å². The van der Waals surface area contributed by atoms with Gasteiger partial charge in [0.2, 0.25) is 0 Å². The van der Waals surface area contributed by atoms with E-state index in [0.29, 0.717) is 12.3 Å². The lowest BCUT2D eigenvalue weighted by molar-refractivity contribution is -0.137. The summed E-state index contributed by atoms with van der Waals surface area (Å²) in [5.41, 5.74) is 0.387. The molecule has 0 spiro atoms. The van der Waals surface area contributed by atoms with Crippen molar-refractivity contribution in [2.24, 2.45) is 0 Å². The molecule has 0 unspecified atom stereocenters. The number of ether oxygens (including phenoxy) is 1. The van der Waals surface area contributed by atoms with Crippen molar-refractivity contribution in [1.29, 1.82) is 0 Å². The first-order chi connectivity index (χ1) is 6.72. The van der Waals surface area contributed by atoms with Crippen LogP contribution >= 0.6 is 0 Å². The van der Waals surface area contributed by atoms with Crippen molar-refractivity contribution >= 4 is 12.0 Å². The number of hydrogen-bond acceptors (Lipinski definition) is 3. The standard InChI is InChI=1S/C10H10FNO2/c1-2-14-10(13)4-3-9-7-8(11)5-6-12-9/h3-7H,2H2,1H3. The van der Waals surface area contributed by atoms with E-state index in [1.54, 1.807) is 6.92 Å². The molecule has 14 heavy (non-hydrogen) atoms. The van der Waals surface area contributed by atoms with Gasteiger partial charge < -0.3 is 4.74 Å². The monoisotopic (exact) mass is 195 g/mol. The minimum absolute atomic E-state index is 0.319. The molecule has 0 amide bonds. The molecule has 0 aromatic carbocycles. The molecule has 0 aliphatic carbocycles. The maximum atomic E-state index is 12.6. The van der Waals surface area contributed by atoms with Gasteiger partial charge in [-0.1, -0.05) is 0 Å². The molecule has 0 aliphatic heterocycles. The lowest BCUT2D eigenvalue weighted by atomic mass is 10.3. The largest absolute Gasteiger partial charge is 0.463 e. The van der Waals surface area contributed by atoms with Crippen molar-refractivity contribution in [1.82, 2.24) is 4.98 Å². The zero-order chi connectivity index (χ0) is 10.4. The van der Waals surface area contributed by atoms with Gasteiger partial charge in [0.15, 0.2) is 0 Å². The first kappa shape index (κ1) is 10.4. The zero-order valence-corrected chi connectivity index (χ0v) is 7.74. The molecule has 1 heterocycles. The molecule has 0 radical (unpaired) electrons. The smallest absolute Gasteiger partial charge is 0.330 e. The fourth-order valence-electron chi connectivity index (χ4n) is 0.856. The highest BCUT2D eigenvalue weighted by Crippen LogP contribution is 2.01. The van der Waals surface area contributed by atoms with Crippen LogP contribution in [0.25, 0.3) is 6.08 Å². The Labute approximate surface area is 81.2 Å². The summed E-state index contributed by atoms with van der Waals surface area (Å²) in [6.07, 6.45) is 3.95. The molecule has 0 aliphatic rings. The summed E-state index contributed by atoms with van der Waals surface area (Å²) in [6.45, 7) is 2.03. The SMILES string of the molecule is CCOC(=O)C=Cc1cc(F)ccn1. The van der Waals surface area contributed by atoms with Crippen LogP contribution in [0.2, 0.25) is 0 Å². The molecule has 1 rings (SSSR count). The van der Waals surface area contributed by atoms with Crippen molar-refractivity contribution in [2.45, 2.75) is 6.92 Å². The zero-order valence-electron chi connectivity index (χ0n) is 7.74. The summed E-state index contributed by atoms with van der Waals surface area (Å²) < 4.78 is 17.3. The summed E-state index contributed by atoms with van der Waals surface area (Å²) >= 11 is 0. The normalized spacial score (nSPS) is 10.4. The predicted molar refractivity (Wildman–Crippen MR) is 49.9 cm³/mol. The maximum Gasteiger partial charge on any atom is 0.330 e. The third-order valence-electron chi connectivity index (χ3n) is 1.42. The van der Waals surface area contributed by atoms with E-state index in [2.05, 4.69) is 9.72 Å². The Hall–Kier alpha value is -1.71. The second-order valence-corrected chi connectivity index (χ2v) is 2.48. The lowest BCUT2D eigenvalue weighted by Crippen LogP contribution is -1.98. The van der Waals surface area contributed by atoms with Gasteiger partial charge in [0.25, 0.3) is 0 Å². The number of carbonyl (C=O) groups is 1. The molecule has 0 fully saturated rings. The summed E-state index contributed by atoms with van der Waals surface area (Å²) in [7, 11) is 0. The summed E-state index contributed by atoms with van der Waals surface area (Å²) in [4.78, 5) is 14.7. The summed E-state index contributed by atoms with van der Waals surface area (Å²) in [5, 5.41) is 0. The molecule has 0 saturated heterocycles. The van der Waals surface area contributed by atoms with Crippen molar-refractivity contribution in [3.8, 4) is 0 Å². The van der Waals surface area contributed by atoms with Gasteiger partial charge >= 0.3 is 5.97 Å². The molecule has 3 nitrogen and oxygen atoms in total.